The van der Waals surface area contributed by atoms with E-state index >= 15 is 0 Å². The Labute approximate surface area is 65.6 Å². The first-order valence-corrected chi connectivity index (χ1v) is 3.26. The average Bonchev–Trinajstić information content (AvgIpc) is 1.84. The third-order valence-electron chi connectivity index (χ3n) is 1.39. The lowest BCUT2D eigenvalue weighted by atomic mass is 10.1. The van der Waals surface area contributed by atoms with Crippen molar-refractivity contribution in [3.05, 3.63) is 0 Å². The molecular weight excluding hydrogens is 186 g/mol. The van der Waals surface area contributed by atoms with Gasteiger partial charge in [0, 0.05) is 6.42 Å². The molecule has 0 amide bonds. The second kappa shape index (κ2) is 3.53. The van der Waals surface area contributed by atoms with Crippen molar-refractivity contribution in [3.63, 3.8) is 0 Å². The van der Waals surface area contributed by atoms with Gasteiger partial charge in [0.05, 0.1) is 6.42 Å². The molecule has 74 valence electrons. The Morgan fingerprint density at radius 1 is 1.00 bits per heavy atom. The zero-order chi connectivity index (χ0) is 9.99. The third kappa shape index (κ3) is 2.57. The third-order valence-corrected chi connectivity index (χ3v) is 1.39. The van der Waals surface area contributed by atoms with Gasteiger partial charge in [0.1, 0.15) is 0 Å². The Bertz CT molecular complexity index is 141. The van der Waals surface area contributed by atoms with Crippen LogP contribution in [-0.2, 0) is 0 Å². The fourth-order valence-corrected chi connectivity index (χ4v) is 0.602. The minimum Gasteiger partial charge on any atom is -0.210 e. The van der Waals surface area contributed by atoms with Crippen LogP contribution in [0.3, 0.4) is 0 Å². The van der Waals surface area contributed by atoms with Crippen LogP contribution < -0.4 is 0 Å². The van der Waals surface area contributed by atoms with Crippen molar-refractivity contribution in [2.45, 2.75) is 38.0 Å². The van der Waals surface area contributed by atoms with Gasteiger partial charge in [-0.05, 0) is 0 Å². The van der Waals surface area contributed by atoms with Crippen LogP contribution in [0.1, 0.15) is 19.8 Å². The lowest BCUT2D eigenvalue weighted by Gasteiger charge is -2.24. The van der Waals surface area contributed by atoms with E-state index in [1.165, 1.54) is 0 Å². The van der Waals surface area contributed by atoms with E-state index in [1.807, 2.05) is 0 Å². The van der Waals surface area contributed by atoms with Gasteiger partial charge in [0.25, 0.3) is 0 Å². The summed E-state index contributed by atoms with van der Waals surface area (Å²) < 4.78 is 71.6. The Hall–Kier alpha value is -0.420. The normalized spacial score (nSPS) is 14.0. The summed E-state index contributed by atoms with van der Waals surface area (Å²) in [6.07, 6.45) is -6.65. The highest BCUT2D eigenvalue weighted by molar-refractivity contribution is 4.83. The van der Waals surface area contributed by atoms with E-state index in [9.17, 15) is 26.3 Å². The molecule has 0 bridgehead atoms. The molecule has 12 heavy (non-hydrogen) atoms. The highest BCUT2D eigenvalue weighted by Gasteiger charge is 2.55. The average molecular weight is 194 g/mol. The molecule has 0 unspecified atom stereocenters. The number of halogens is 6. The fraction of sp³-hybridized carbons (Fsp3) is 1.00. The molecule has 0 nitrogen and oxygen atoms in total. The number of hydrogen-bond donors (Lipinski definition) is 0. The highest BCUT2D eigenvalue weighted by atomic mass is 19.3. The van der Waals surface area contributed by atoms with Gasteiger partial charge in [0.2, 0.25) is 6.43 Å². The second-order valence-corrected chi connectivity index (χ2v) is 2.36. The summed E-state index contributed by atoms with van der Waals surface area (Å²) in [5.74, 6) is -8.96. The second-order valence-electron chi connectivity index (χ2n) is 2.36. The zero-order valence-corrected chi connectivity index (χ0v) is 6.26. The van der Waals surface area contributed by atoms with Crippen molar-refractivity contribution in [2.75, 3.05) is 0 Å². The van der Waals surface area contributed by atoms with Crippen LogP contribution in [0.15, 0.2) is 0 Å². The molecule has 0 saturated heterocycles. The Balaban J connectivity index is 4.37. The van der Waals surface area contributed by atoms with Crippen LogP contribution in [0.5, 0.6) is 0 Å². The summed E-state index contributed by atoms with van der Waals surface area (Å²) in [5.41, 5.74) is 0. The SMILES string of the molecule is CCC(F)(F)C(F)(F)CC(F)F. The summed E-state index contributed by atoms with van der Waals surface area (Å²) in [5, 5.41) is 0. The largest absolute Gasteiger partial charge is 0.315 e. The van der Waals surface area contributed by atoms with Gasteiger partial charge < -0.3 is 0 Å². The summed E-state index contributed by atoms with van der Waals surface area (Å²) in [6, 6.07) is 0. The molecule has 0 fully saturated rings. The van der Waals surface area contributed by atoms with E-state index in [1.54, 1.807) is 0 Å². The number of rotatable bonds is 4. The lowest BCUT2D eigenvalue weighted by molar-refractivity contribution is -0.224. The van der Waals surface area contributed by atoms with Crippen molar-refractivity contribution in [1.82, 2.24) is 0 Å². The maximum Gasteiger partial charge on any atom is 0.315 e. The first-order valence-electron chi connectivity index (χ1n) is 3.26. The van der Waals surface area contributed by atoms with Gasteiger partial charge in [0.15, 0.2) is 0 Å². The predicted molar refractivity (Wildman–Crippen MR) is 30.8 cm³/mol. The molecular formula is C6H8F6. The van der Waals surface area contributed by atoms with Crippen molar-refractivity contribution >= 4 is 0 Å². The molecule has 0 aromatic carbocycles. The van der Waals surface area contributed by atoms with Crippen LogP contribution in [0.2, 0.25) is 0 Å². The van der Waals surface area contributed by atoms with Crippen molar-refractivity contribution in [1.29, 1.82) is 0 Å². The van der Waals surface area contributed by atoms with E-state index in [0.717, 1.165) is 6.92 Å². The molecule has 0 radical (unpaired) electrons. The molecule has 0 aromatic heterocycles. The zero-order valence-electron chi connectivity index (χ0n) is 6.26. The standard InChI is InChI=1S/C6H8F6/c1-2-5(9,10)6(11,12)3-4(7)8/h4H,2-3H2,1H3. The molecule has 0 aliphatic heterocycles. The van der Waals surface area contributed by atoms with Gasteiger partial charge in [-0.3, -0.25) is 0 Å². The van der Waals surface area contributed by atoms with E-state index < -0.39 is 31.1 Å². The summed E-state index contributed by atoms with van der Waals surface area (Å²) in [7, 11) is 0. The molecule has 0 N–H and O–H groups in total. The smallest absolute Gasteiger partial charge is 0.210 e. The van der Waals surface area contributed by atoms with Crippen molar-refractivity contribution < 1.29 is 26.3 Å². The summed E-state index contributed by atoms with van der Waals surface area (Å²) in [6.45, 7) is 0.819. The highest BCUT2D eigenvalue weighted by Crippen LogP contribution is 2.40. The number of hydrogen-bond acceptors (Lipinski definition) is 0. The summed E-state index contributed by atoms with van der Waals surface area (Å²) >= 11 is 0. The Kier molecular flexibility index (Phi) is 3.41. The van der Waals surface area contributed by atoms with Crippen molar-refractivity contribution in [3.8, 4) is 0 Å². The molecule has 0 spiro atoms. The van der Waals surface area contributed by atoms with E-state index in [2.05, 4.69) is 0 Å². The number of alkyl halides is 6. The minimum atomic E-state index is -4.62. The van der Waals surface area contributed by atoms with Crippen LogP contribution in [0, 0.1) is 0 Å². The fourth-order valence-electron chi connectivity index (χ4n) is 0.602. The quantitative estimate of drug-likeness (QED) is 0.602. The molecule has 0 aromatic rings. The van der Waals surface area contributed by atoms with E-state index in [-0.39, 0.29) is 0 Å². The Morgan fingerprint density at radius 2 is 1.42 bits per heavy atom. The Morgan fingerprint density at radius 3 is 1.67 bits per heavy atom. The van der Waals surface area contributed by atoms with Gasteiger partial charge in [-0.1, -0.05) is 6.92 Å². The molecule has 0 aliphatic rings. The monoisotopic (exact) mass is 194 g/mol. The first kappa shape index (κ1) is 11.6. The molecule has 6 heteroatoms. The van der Waals surface area contributed by atoms with Gasteiger partial charge in [-0.2, -0.15) is 17.6 Å². The lowest BCUT2D eigenvalue weighted by Crippen LogP contribution is -2.41. The molecule has 0 aliphatic carbocycles. The molecule has 0 atom stereocenters. The molecule has 0 heterocycles. The minimum absolute atomic E-state index is 0.819. The predicted octanol–water partition coefficient (Wildman–Crippen LogP) is 3.32. The molecule has 0 saturated carbocycles. The first-order chi connectivity index (χ1) is 5.23. The van der Waals surface area contributed by atoms with Crippen LogP contribution in [0.4, 0.5) is 26.3 Å². The van der Waals surface area contributed by atoms with Gasteiger partial charge in [-0.15, -0.1) is 0 Å². The molecule has 0 rings (SSSR count). The van der Waals surface area contributed by atoms with E-state index in [0.29, 0.717) is 0 Å². The van der Waals surface area contributed by atoms with Gasteiger partial charge in [-0.25, -0.2) is 8.78 Å². The maximum atomic E-state index is 12.2. The van der Waals surface area contributed by atoms with E-state index in [4.69, 9.17) is 0 Å². The van der Waals surface area contributed by atoms with Crippen LogP contribution >= 0.6 is 0 Å². The van der Waals surface area contributed by atoms with Crippen LogP contribution in [0.25, 0.3) is 0 Å². The summed E-state index contributed by atoms with van der Waals surface area (Å²) in [4.78, 5) is 0. The topological polar surface area (TPSA) is 0 Å². The van der Waals surface area contributed by atoms with Crippen LogP contribution in [-0.4, -0.2) is 18.3 Å². The van der Waals surface area contributed by atoms with Gasteiger partial charge >= 0.3 is 11.8 Å². The maximum absolute atomic E-state index is 12.2. The van der Waals surface area contributed by atoms with Crippen molar-refractivity contribution in [2.24, 2.45) is 0 Å².